The summed E-state index contributed by atoms with van der Waals surface area (Å²) < 4.78 is 0. The van der Waals surface area contributed by atoms with Crippen LogP contribution in [0.25, 0.3) is 10.9 Å². The second-order valence-corrected chi connectivity index (χ2v) is 4.77. The number of amides is 1. The Bertz CT molecular complexity index is 556. The maximum atomic E-state index is 12.3. The third kappa shape index (κ3) is 2.24. The molecular formula is C14H18N2O2. The summed E-state index contributed by atoms with van der Waals surface area (Å²) in [5, 5.41) is 13.1. The summed E-state index contributed by atoms with van der Waals surface area (Å²) in [6.07, 6.45) is 2.49. The molecule has 0 aliphatic heterocycles. The molecule has 1 aromatic carbocycles. The highest BCUT2D eigenvalue weighted by atomic mass is 16.3. The van der Waals surface area contributed by atoms with E-state index in [-0.39, 0.29) is 12.5 Å². The lowest BCUT2D eigenvalue weighted by Gasteiger charge is -2.27. The van der Waals surface area contributed by atoms with Crippen LogP contribution in [-0.4, -0.2) is 28.1 Å². The quantitative estimate of drug-likeness (QED) is 0.773. The van der Waals surface area contributed by atoms with Gasteiger partial charge in [-0.05, 0) is 31.5 Å². The van der Waals surface area contributed by atoms with Crippen LogP contribution in [0.4, 0.5) is 0 Å². The third-order valence-electron chi connectivity index (χ3n) is 3.38. The summed E-state index contributed by atoms with van der Waals surface area (Å²) in [5.41, 5.74) is 0.988. The maximum Gasteiger partial charge on any atom is 0.252 e. The van der Waals surface area contributed by atoms with Crippen molar-refractivity contribution in [2.75, 3.05) is 6.61 Å². The summed E-state index contributed by atoms with van der Waals surface area (Å²) in [7, 11) is 0. The standard InChI is InChI=1S/C14H18N2O2/c1-3-14(2,9-17)16-13(18)11-5-4-6-12-10(11)7-8-15-12/h4-8,15,17H,3,9H2,1-2H3,(H,16,18). The highest BCUT2D eigenvalue weighted by Gasteiger charge is 2.24. The molecular weight excluding hydrogens is 228 g/mol. The predicted octanol–water partition coefficient (Wildman–Crippen LogP) is 2.06. The van der Waals surface area contributed by atoms with E-state index in [0.717, 1.165) is 10.9 Å². The Labute approximate surface area is 106 Å². The normalized spacial score (nSPS) is 14.4. The number of H-pyrrole nitrogens is 1. The van der Waals surface area contributed by atoms with Gasteiger partial charge in [0.1, 0.15) is 0 Å². The third-order valence-corrected chi connectivity index (χ3v) is 3.38. The van der Waals surface area contributed by atoms with E-state index in [1.165, 1.54) is 0 Å². The first-order chi connectivity index (χ1) is 8.59. The first kappa shape index (κ1) is 12.6. The van der Waals surface area contributed by atoms with Gasteiger partial charge in [-0.25, -0.2) is 0 Å². The fraction of sp³-hybridized carbons (Fsp3) is 0.357. The Hall–Kier alpha value is -1.81. The number of rotatable bonds is 4. The van der Waals surface area contributed by atoms with Gasteiger partial charge < -0.3 is 15.4 Å². The Morgan fingerprint density at radius 3 is 2.89 bits per heavy atom. The molecule has 0 bridgehead atoms. The van der Waals surface area contributed by atoms with Crippen molar-refractivity contribution in [3.63, 3.8) is 0 Å². The Kier molecular flexibility index (Phi) is 3.39. The average molecular weight is 246 g/mol. The molecule has 1 atom stereocenters. The molecule has 0 spiro atoms. The van der Waals surface area contributed by atoms with Crippen LogP contribution in [0.15, 0.2) is 30.5 Å². The minimum Gasteiger partial charge on any atom is -0.394 e. The fourth-order valence-electron chi connectivity index (χ4n) is 1.86. The summed E-state index contributed by atoms with van der Waals surface area (Å²) in [5.74, 6) is -0.154. The van der Waals surface area contributed by atoms with Gasteiger partial charge in [0.05, 0.1) is 12.1 Å². The number of nitrogens with one attached hydrogen (secondary N) is 2. The smallest absolute Gasteiger partial charge is 0.252 e. The van der Waals surface area contributed by atoms with Gasteiger partial charge in [-0.2, -0.15) is 0 Å². The van der Waals surface area contributed by atoms with Gasteiger partial charge in [0.2, 0.25) is 0 Å². The number of aromatic nitrogens is 1. The van der Waals surface area contributed by atoms with E-state index in [9.17, 15) is 9.90 Å². The van der Waals surface area contributed by atoms with E-state index in [4.69, 9.17) is 0 Å². The van der Waals surface area contributed by atoms with Crippen LogP contribution < -0.4 is 5.32 Å². The number of carbonyl (C=O) groups excluding carboxylic acids is 1. The SMILES string of the molecule is CCC(C)(CO)NC(=O)c1cccc2[nH]ccc12. The van der Waals surface area contributed by atoms with E-state index in [0.29, 0.717) is 12.0 Å². The van der Waals surface area contributed by atoms with Gasteiger partial charge in [0, 0.05) is 22.7 Å². The molecule has 96 valence electrons. The molecule has 0 aliphatic rings. The molecule has 1 heterocycles. The van der Waals surface area contributed by atoms with Crippen molar-refractivity contribution >= 4 is 16.8 Å². The number of aromatic amines is 1. The van der Waals surface area contributed by atoms with Gasteiger partial charge in [-0.1, -0.05) is 13.0 Å². The molecule has 4 heteroatoms. The first-order valence-electron chi connectivity index (χ1n) is 6.09. The Balaban J connectivity index is 2.31. The number of aliphatic hydroxyl groups is 1. The molecule has 4 nitrogen and oxygen atoms in total. The number of benzene rings is 1. The van der Waals surface area contributed by atoms with Gasteiger partial charge in [0.15, 0.2) is 0 Å². The molecule has 0 saturated heterocycles. The van der Waals surface area contributed by atoms with Crippen molar-refractivity contribution in [1.82, 2.24) is 10.3 Å². The van der Waals surface area contributed by atoms with Crippen molar-refractivity contribution in [3.05, 3.63) is 36.0 Å². The van der Waals surface area contributed by atoms with E-state index >= 15 is 0 Å². The molecule has 1 amide bonds. The minimum atomic E-state index is -0.574. The molecule has 2 aromatic rings. The zero-order valence-corrected chi connectivity index (χ0v) is 10.7. The molecule has 0 radical (unpaired) electrons. The van der Waals surface area contributed by atoms with Crippen molar-refractivity contribution in [1.29, 1.82) is 0 Å². The summed E-state index contributed by atoms with van der Waals surface area (Å²) in [6, 6.07) is 7.44. The number of hydrogen-bond acceptors (Lipinski definition) is 2. The maximum absolute atomic E-state index is 12.3. The summed E-state index contributed by atoms with van der Waals surface area (Å²) >= 11 is 0. The molecule has 3 N–H and O–H groups in total. The van der Waals surface area contributed by atoms with E-state index < -0.39 is 5.54 Å². The second kappa shape index (κ2) is 4.82. The molecule has 0 saturated carbocycles. The monoisotopic (exact) mass is 246 g/mol. The topological polar surface area (TPSA) is 65.1 Å². The average Bonchev–Trinajstić information content (AvgIpc) is 2.86. The Morgan fingerprint density at radius 1 is 1.44 bits per heavy atom. The van der Waals surface area contributed by atoms with Gasteiger partial charge in [-0.3, -0.25) is 4.79 Å². The molecule has 1 unspecified atom stereocenters. The number of carbonyl (C=O) groups is 1. The van der Waals surface area contributed by atoms with E-state index in [2.05, 4.69) is 10.3 Å². The van der Waals surface area contributed by atoms with Crippen molar-refractivity contribution in [2.45, 2.75) is 25.8 Å². The molecule has 18 heavy (non-hydrogen) atoms. The highest BCUT2D eigenvalue weighted by Crippen LogP contribution is 2.18. The van der Waals surface area contributed by atoms with Gasteiger partial charge in [0.25, 0.3) is 5.91 Å². The molecule has 0 aliphatic carbocycles. The number of hydrogen-bond donors (Lipinski definition) is 3. The first-order valence-corrected chi connectivity index (χ1v) is 6.09. The minimum absolute atomic E-state index is 0.0711. The highest BCUT2D eigenvalue weighted by molar-refractivity contribution is 6.06. The molecule has 1 aromatic heterocycles. The van der Waals surface area contributed by atoms with Crippen LogP contribution in [0, 0.1) is 0 Å². The van der Waals surface area contributed by atoms with Crippen LogP contribution in [-0.2, 0) is 0 Å². The number of fused-ring (bicyclic) bond motifs is 1. The lowest BCUT2D eigenvalue weighted by molar-refractivity contribution is 0.0849. The number of aliphatic hydroxyl groups excluding tert-OH is 1. The molecule has 2 rings (SSSR count). The van der Waals surface area contributed by atoms with Gasteiger partial charge >= 0.3 is 0 Å². The Morgan fingerprint density at radius 2 is 2.22 bits per heavy atom. The van der Waals surface area contributed by atoms with Crippen LogP contribution in [0.2, 0.25) is 0 Å². The van der Waals surface area contributed by atoms with Crippen molar-refractivity contribution in [2.24, 2.45) is 0 Å². The van der Waals surface area contributed by atoms with Gasteiger partial charge in [-0.15, -0.1) is 0 Å². The van der Waals surface area contributed by atoms with E-state index in [1.54, 1.807) is 6.07 Å². The van der Waals surface area contributed by atoms with Crippen LogP contribution in [0.1, 0.15) is 30.6 Å². The lowest BCUT2D eigenvalue weighted by atomic mass is 9.99. The predicted molar refractivity (Wildman–Crippen MR) is 71.5 cm³/mol. The van der Waals surface area contributed by atoms with Crippen molar-refractivity contribution in [3.8, 4) is 0 Å². The zero-order chi connectivity index (χ0) is 13.2. The largest absolute Gasteiger partial charge is 0.394 e. The van der Waals surface area contributed by atoms with Crippen LogP contribution >= 0.6 is 0 Å². The zero-order valence-electron chi connectivity index (χ0n) is 10.7. The summed E-state index contributed by atoms with van der Waals surface area (Å²) in [6.45, 7) is 3.70. The fourth-order valence-corrected chi connectivity index (χ4v) is 1.86. The lowest BCUT2D eigenvalue weighted by Crippen LogP contribution is -2.48. The van der Waals surface area contributed by atoms with Crippen molar-refractivity contribution < 1.29 is 9.90 Å². The van der Waals surface area contributed by atoms with Crippen LogP contribution in [0.5, 0.6) is 0 Å². The summed E-state index contributed by atoms with van der Waals surface area (Å²) in [4.78, 5) is 15.3. The molecule has 0 fully saturated rings. The second-order valence-electron chi connectivity index (χ2n) is 4.77. The van der Waals surface area contributed by atoms with E-state index in [1.807, 2.05) is 38.2 Å². The van der Waals surface area contributed by atoms with Crippen LogP contribution in [0.3, 0.4) is 0 Å².